The van der Waals surface area contributed by atoms with E-state index in [1.807, 2.05) is 31.2 Å². The van der Waals surface area contributed by atoms with Gasteiger partial charge in [-0.2, -0.15) is 0 Å². The van der Waals surface area contributed by atoms with Gasteiger partial charge in [0.2, 0.25) is 0 Å². The molecule has 0 saturated heterocycles. The number of ether oxygens (including phenoxy) is 1. The molecule has 4 nitrogen and oxygen atoms in total. The van der Waals surface area contributed by atoms with Crippen molar-refractivity contribution in [2.24, 2.45) is 0 Å². The van der Waals surface area contributed by atoms with E-state index in [1.54, 1.807) is 6.07 Å². The lowest BCUT2D eigenvalue weighted by Crippen LogP contribution is -2.14. The van der Waals surface area contributed by atoms with Crippen molar-refractivity contribution in [3.8, 4) is 0 Å². The minimum absolute atomic E-state index is 0.263. The zero-order valence-corrected chi connectivity index (χ0v) is 11.9. The number of pyridine rings is 1. The number of hydrogen-bond acceptors (Lipinski definition) is 3. The molecule has 1 heterocycles. The number of anilines is 1. The first-order chi connectivity index (χ1) is 9.72. The van der Waals surface area contributed by atoms with Gasteiger partial charge < -0.3 is 10.1 Å². The van der Waals surface area contributed by atoms with Gasteiger partial charge in [-0.05, 0) is 19.1 Å². The maximum Gasteiger partial charge on any atom is 0.257 e. The second-order valence-corrected chi connectivity index (χ2v) is 4.51. The lowest BCUT2D eigenvalue weighted by molar-refractivity contribution is 0.102. The molecule has 20 heavy (non-hydrogen) atoms. The van der Waals surface area contributed by atoms with Crippen LogP contribution in [0.15, 0.2) is 42.7 Å². The third-order valence-corrected chi connectivity index (χ3v) is 3.05. The molecule has 0 fully saturated rings. The van der Waals surface area contributed by atoms with Crippen LogP contribution < -0.4 is 5.32 Å². The van der Waals surface area contributed by atoms with Crippen molar-refractivity contribution >= 4 is 23.2 Å². The fraction of sp³-hybridized carbons (Fsp3) is 0.200. The van der Waals surface area contributed by atoms with Crippen LogP contribution in [0.25, 0.3) is 0 Å². The first-order valence-corrected chi connectivity index (χ1v) is 6.66. The van der Waals surface area contributed by atoms with Crippen LogP contribution in [-0.4, -0.2) is 17.5 Å². The molecule has 0 aliphatic rings. The van der Waals surface area contributed by atoms with Crippen molar-refractivity contribution in [1.29, 1.82) is 0 Å². The van der Waals surface area contributed by atoms with Crippen molar-refractivity contribution in [3.05, 3.63) is 58.9 Å². The molecule has 104 valence electrons. The number of hydrogen-bond donors (Lipinski definition) is 1. The standard InChI is InChI=1S/C15H15ClN2O2/c1-2-20-10-11-5-3-4-6-14(11)18-15(19)12-7-8-17-9-13(12)16/h3-9H,2,10H2,1H3,(H,18,19). The van der Waals surface area contributed by atoms with E-state index in [4.69, 9.17) is 16.3 Å². The van der Waals surface area contributed by atoms with E-state index in [0.29, 0.717) is 23.8 Å². The summed E-state index contributed by atoms with van der Waals surface area (Å²) in [5.41, 5.74) is 2.04. The smallest absolute Gasteiger partial charge is 0.257 e. The van der Waals surface area contributed by atoms with E-state index in [-0.39, 0.29) is 5.91 Å². The van der Waals surface area contributed by atoms with Gasteiger partial charge in [0.15, 0.2) is 0 Å². The van der Waals surface area contributed by atoms with Gasteiger partial charge in [-0.1, -0.05) is 29.8 Å². The van der Waals surface area contributed by atoms with Crippen LogP contribution in [0.5, 0.6) is 0 Å². The number of benzene rings is 1. The molecule has 0 aliphatic carbocycles. The highest BCUT2D eigenvalue weighted by Gasteiger charge is 2.12. The van der Waals surface area contributed by atoms with E-state index >= 15 is 0 Å². The van der Waals surface area contributed by atoms with E-state index in [2.05, 4.69) is 10.3 Å². The molecule has 2 rings (SSSR count). The van der Waals surface area contributed by atoms with Crippen LogP contribution in [-0.2, 0) is 11.3 Å². The molecule has 0 saturated carbocycles. The Balaban J connectivity index is 2.18. The van der Waals surface area contributed by atoms with Crippen molar-refractivity contribution in [2.45, 2.75) is 13.5 Å². The number of halogens is 1. The Kier molecular flexibility index (Phi) is 5.09. The van der Waals surface area contributed by atoms with Crippen LogP contribution in [0.2, 0.25) is 5.02 Å². The van der Waals surface area contributed by atoms with Crippen LogP contribution in [0.3, 0.4) is 0 Å². The first-order valence-electron chi connectivity index (χ1n) is 6.29. The van der Waals surface area contributed by atoms with Crippen LogP contribution >= 0.6 is 11.6 Å². The Morgan fingerprint density at radius 1 is 1.35 bits per heavy atom. The second kappa shape index (κ2) is 7.03. The maximum absolute atomic E-state index is 12.2. The van der Waals surface area contributed by atoms with Gasteiger partial charge >= 0.3 is 0 Å². The topological polar surface area (TPSA) is 51.2 Å². The van der Waals surface area contributed by atoms with Crippen molar-refractivity contribution in [2.75, 3.05) is 11.9 Å². The molecule has 0 unspecified atom stereocenters. The van der Waals surface area contributed by atoms with Gasteiger partial charge in [-0.3, -0.25) is 9.78 Å². The van der Waals surface area contributed by atoms with Gasteiger partial charge in [0.05, 0.1) is 17.2 Å². The van der Waals surface area contributed by atoms with Gasteiger partial charge in [0.1, 0.15) is 0 Å². The fourth-order valence-electron chi connectivity index (χ4n) is 1.73. The zero-order valence-electron chi connectivity index (χ0n) is 11.1. The molecule has 0 radical (unpaired) electrons. The largest absolute Gasteiger partial charge is 0.377 e. The molecule has 0 aliphatic heterocycles. The van der Waals surface area contributed by atoms with E-state index in [0.717, 1.165) is 11.3 Å². The summed E-state index contributed by atoms with van der Waals surface area (Å²) in [6, 6.07) is 9.10. The normalized spacial score (nSPS) is 10.3. The number of rotatable bonds is 5. The van der Waals surface area contributed by atoms with Gasteiger partial charge in [-0.25, -0.2) is 0 Å². The van der Waals surface area contributed by atoms with Gasteiger partial charge in [0.25, 0.3) is 5.91 Å². The summed E-state index contributed by atoms with van der Waals surface area (Å²) in [7, 11) is 0. The minimum Gasteiger partial charge on any atom is -0.377 e. The zero-order chi connectivity index (χ0) is 14.4. The SMILES string of the molecule is CCOCc1ccccc1NC(=O)c1ccncc1Cl. The molecule has 1 aromatic heterocycles. The van der Waals surface area contributed by atoms with E-state index < -0.39 is 0 Å². The number of nitrogens with one attached hydrogen (secondary N) is 1. The Hall–Kier alpha value is -1.91. The first kappa shape index (κ1) is 14.5. The molecule has 0 bridgehead atoms. The molecule has 0 atom stereocenters. The Morgan fingerprint density at radius 2 is 2.15 bits per heavy atom. The molecule has 1 aromatic carbocycles. The number of para-hydroxylation sites is 1. The summed E-state index contributed by atoms with van der Waals surface area (Å²) in [4.78, 5) is 16.1. The molecule has 2 aromatic rings. The number of carbonyl (C=O) groups is 1. The lowest BCUT2D eigenvalue weighted by Gasteiger charge is -2.11. The summed E-state index contributed by atoms with van der Waals surface area (Å²) in [6.45, 7) is 3.01. The van der Waals surface area contributed by atoms with Crippen molar-refractivity contribution < 1.29 is 9.53 Å². The monoisotopic (exact) mass is 290 g/mol. The highest BCUT2D eigenvalue weighted by molar-refractivity contribution is 6.34. The van der Waals surface area contributed by atoms with Crippen molar-refractivity contribution in [1.82, 2.24) is 4.98 Å². The van der Waals surface area contributed by atoms with Crippen LogP contribution in [0.4, 0.5) is 5.69 Å². The van der Waals surface area contributed by atoms with Crippen LogP contribution in [0, 0.1) is 0 Å². The van der Waals surface area contributed by atoms with Gasteiger partial charge in [0, 0.05) is 30.3 Å². The summed E-state index contributed by atoms with van der Waals surface area (Å²) in [6.07, 6.45) is 2.98. The molecule has 1 N–H and O–H groups in total. The summed E-state index contributed by atoms with van der Waals surface area (Å²) in [5, 5.41) is 3.17. The fourth-order valence-corrected chi connectivity index (χ4v) is 1.93. The predicted octanol–water partition coefficient (Wildman–Crippen LogP) is 3.52. The summed E-state index contributed by atoms with van der Waals surface area (Å²) in [5.74, 6) is -0.263. The highest BCUT2D eigenvalue weighted by Crippen LogP contribution is 2.19. The summed E-state index contributed by atoms with van der Waals surface area (Å²) >= 11 is 5.96. The molecular formula is C15H15ClN2O2. The average Bonchev–Trinajstić information content (AvgIpc) is 2.46. The quantitative estimate of drug-likeness (QED) is 0.916. The van der Waals surface area contributed by atoms with E-state index in [9.17, 15) is 4.79 Å². The number of nitrogens with zero attached hydrogens (tertiary/aromatic N) is 1. The summed E-state index contributed by atoms with van der Waals surface area (Å²) < 4.78 is 5.38. The molecule has 1 amide bonds. The second-order valence-electron chi connectivity index (χ2n) is 4.10. The predicted molar refractivity (Wildman–Crippen MR) is 79.0 cm³/mol. The van der Waals surface area contributed by atoms with Crippen LogP contribution in [0.1, 0.15) is 22.8 Å². The minimum atomic E-state index is -0.263. The number of aromatic nitrogens is 1. The highest BCUT2D eigenvalue weighted by atomic mass is 35.5. The maximum atomic E-state index is 12.2. The molecule has 5 heteroatoms. The number of carbonyl (C=O) groups excluding carboxylic acids is 1. The molecule has 0 spiro atoms. The third-order valence-electron chi connectivity index (χ3n) is 2.74. The number of amides is 1. The Morgan fingerprint density at radius 3 is 2.90 bits per heavy atom. The van der Waals surface area contributed by atoms with E-state index in [1.165, 1.54) is 12.4 Å². The Labute approximate surface area is 122 Å². The van der Waals surface area contributed by atoms with Crippen molar-refractivity contribution in [3.63, 3.8) is 0 Å². The Bertz CT molecular complexity index is 602. The average molecular weight is 291 g/mol. The van der Waals surface area contributed by atoms with Gasteiger partial charge in [-0.15, -0.1) is 0 Å². The third kappa shape index (κ3) is 3.56. The lowest BCUT2D eigenvalue weighted by atomic mass is 10.1. The molecular weight excluding hydrogens is 276 g/mol.